The van der Waals surface area contributed by atoms with E-state index in [0.717, 1.165) is 27.5 Å². The average Bonchev–Trinajstić information content (AvgIpc) is 3.12. The maximum absolute atomic E-state index is 12.4. The second kappa shape index (κ2) is 6.34. The third-order valence-electron chi connectivity index (χ3n) is 3.76. The van der Waals surface area contributed by atoms with Crippen LogP contribution in [-0.2, 0) is 4.79 Å². The Bertz CT molecular complexity index is 610. The summed E-state index contributed by atoms with van der Waals surface area (Å²) >= 11 is 3.16. The Morgan fingerprint density at radius 2 is 2.38 bits per heavy atom. The van der Waals surface area contributed by atoms with Gasteiger partial charge in [0, 0.05) is 25.6 Å². The first-order valence-corrected chi connectivity index (χ1v) is 8.79. The SMILES string of the molecule is CC(Sc1nc2ccccc2s1)C(=O)N1CCC(CO)C1. The van der Waals surface area contributed by atoms with Crippen LogP contribution in [0.5, 0.6) is 0 Å². The van der Waals surface area contributed by atoms with E-state index >= 15 is 0 Å². The van der Waals surface area contributed by atoms with Crippen molar-refractivity contribution in [2.24, 2.45) is 5.92 Å². The Morgan fingerprint density at radius 1 is 1.57 bits per heavy atom. The number of para-hydroxylation sites is 1. The number of hydrogen-bond acceptors (Lipinski definition) is 5. The molecule has 6 heteroatoms. The molecule has 1 aliphatic rings. The van der Waals surface area contributed by atoms with E-state index in [1.54, 1.807) is 11.3 Å². The van der Waals surface area contributed by atoms with E-state index in [1.807, 2.05) is 30.0 Å². The number of rotatable bonds is 4. The highest BCUT2D eigenvalue weighted by molar-refractivity contribution is 8.02. The van der Waals surface area contributed by atoms with Gasteiger partial charge in [0.2, 0.25) is 5.91 Å². The highest BCUT2D eigenvalue weighted by Crippen LogP contribution is 2.33. The molecular formula is C15H18N2O2S2. The smallest absolute Gasteiger partial charge is 0.235 e. The summed E-state index contributed by atoms with van der Waals surface area (Å²) in [5, 5.41) is 9.03. The summed E-state index contributed by atoms with van der Waals surface area (Å²) in [6.07, 6.45) is 0.904. The number of nitrogens with zero attached hydrogens (tertiary/aromatic N) is 2. The van der Waals surface area contributed by atoms with Gasteiger partial charge in [0.05, 0.1) is 15.5 Å². The summed E-state index contributed by atoms with van der Waals surface area (Å²) < 4.78 is 2.09. The van der Waals surface area contributed by atoms with Crippen molar-refractivity contribution in [2.45, 2.75) is 22.9 Å². The molecule has 2 unspecified atom stereocenters. The van der Waals surface area contributed by atoms with Crippen molar-refractivity contribution >= 4 is 39.2 Å². The number of aliphatic hydroxyl groups is 1. The molecular weight excluding hydrogens is 304 g/mol. The van der Waals surface area contributed by atoms with Crippen LogP contribution >= 0.6 is 23.1 Å². The number of amides is 1. The lowest BCUT2D eigenvalue weighted by molar-refractivity contribution is -0.129. The number of carbonyl (C=O) groups is 1. The van der Waals surface area contributed by atoms with Gasteiger partial charge in [-0.15, -0.1) is 11.3 Å². The zero-order chi connectivity index (χ0) is 14.8. The number of fused-ring (bicyclic) bond motifs is 1. The Morgan fingerprint density at radius 3 is 3.10 bits per heavy atom. The number of carbonyl (C=O) groups excluding carboxylic acids is 1. The minimum atomic E-state index is -0.136. The fraction of sp³-hybridized carbons (Fsp3) is 0.467. The van der Waals surface area contributed by atoms with Crippen molar-refractivity contribution in [3.05, 3.63) is 24.3 Å². The molecule has 0 spiro atoms. The van der Waals surface area contributed by atoms with Gasteiger partial charge in [0.25, 0.3) is 0 Å². The van der Waals surface area contributed by atoms with Crippen LogP contribution in [-0.4, -0.2) is 45.8 Å². The van der Waals surface area contributed by atoms with Crippen molar-refractivity contribution in [1.29, 1.82) is 0 Å². The van der Waals surface area contributed by atoms with Crippen LogP contribution in [0.4, 0.5) is 0 Å². The van der Waals surface area contributed by atoms with Crippen LogP contribution in [0.2, 0.25) is 0 Å². The van der Waals surface area contributed by atoms with Crippen molar-refractivity contribution in [2.75, 3.05) is 19.7 Å². The van der Waals surface area contributed by atoms with Gasteiger partial charge < -0.3 is 10.0 Å². The number of benzene rings is 1. The zero-order valence-corrected chi connectivity index (χ0v) is 13.5. The maximum Gasteiger partial charge on any atom is 0.235 e. The van der Waals surface area contributed by atoms with Gasteiger partial charge in [-0.2, -0.15) is 0 Å². The second-order valence-electron chi connectivity index (χ2n) is 5.33. The monoisotopic (exact) mass is 322 g/mol. The van der Waals surface area contributed by atoms with Crippen molar-refractivity contribution in [3.63, 3.8) is 0 Å². The molecule has 0 radical (unpaired) electrons. The van der Waals surface area contributed by atoms with E-state index < -0.39 is 0 Å². The summed E-state index contributed by atoms with van der Waals surface area (Å²) in [6.45, 7) is 3.55. The van der Waals surface area contributed by atoms with E-state index in [0.29, 0.717) is 6.54 Å². The predicted molar refractivity (Wildman–Crippen MR) is 86.7 cm³/mol. The summed E-state index contributed by atoms with van der Waals surface area (Å²) in [5.74, 6) is 0.392. The summed E-state index contributed by atoms with van der Waals surface area (Å²) in [4.78, 5) is 18.9. The Balaban J connectivity index is 1.65. The first-order valence-electron chi connectivity index (χ1n) is 7.09. The molecule has 1 amide bonds. The second-order valence-corrected chi connectivity index (χ2v) is 7.95. The number of aromatic nitrogens is 1. The molecule has 0 aliphatic carbocycles. The molecule has 2 atom stereocenters. The fourth-order valence-electron chi connectivity index (χ4n) is 2.54. The topological polar surface area (TPSA) is 53.4 Å². The van der Waals surface area contributed by atoms with Gasteiger partial charge >= 0.3 is 0 Å². The fourth-order valence-corrected chi connectivity index (χ4v) is 4.84. The largest absolute Gasteiger partial charge is 0.396 e. The van der Waals surface area contributed by atoms with Crippen LogP contribution in [0, 0.1) is 5.92 Å². The number of thiazole rings is 1. The Hall–Kier alpha value is -1.11. The first-order chi connectivity index (χ1) is 10.2. The van der Waals surface area contributed by atoms with E-state index in [2.05, 4.69) is 11.1 Å². The van der Waals surface area contributed by atoms with E-state index in [9.17, 15) is 4.79 Å². The normalized spacial score (nSPS) is 20.1. The molecule has 4 nitrogen and oxygen atoms in total. The standard InChI is InChI=1S/C15H18N2O2S2/c1-10(14(19)17-7-6-11(8-17)9-18)20-15-16-12-4-2-3-5-13(12)21-15/h2-5,10-11,18H,6-9H2,1H3. The lowest BCUT2D eigenvalue weighted by Gasteiger charge is -2.19. The molecule has 1 N–H and O–H groups in total. The van der Waals surface area contributed by atoms with Gasteiger partial charge in [-0.1, -0.05) is 23.9 Å². The van der Waals surface area contributed by atoms with Gasteiger partial charge in [-0.05, 0) is 25.5 Å². The Labute approximate surface area is 132 Å². The van der Waals surface area contributed by atoms with Crippen LogP contribution in [0.15, 0.2) is 28.6 Å². The van der Waals surface area contributed by atoms with Crippen molar-refractivity contribution in [3.8, 4) is 0 Å². The highest BCUT2D eigenvalue weighted by atomic mass is 32.2. The molecule has 0 bridgehead atoms. The predicted octanol–water partition coefficient (Wildman–Crippen LogP) is 2.62. The van der Waals surface area contributed by atoms with Gasteiger partial charge in [0.15, 0.2) is 4.34 Å². The molecule has 1 aromatic heterocycles. The average molecular weight is 322 g/mol. The zero-order valence-electron chi connectivity index (χ0n) is 11.9. The minimum absolute atomic E-state index is 0.136. The molecule has 3 rings (SSSR count). The molecule has 1 aromatic carbocycles. The number of likely N-dealkylation sites (tertiary alicyclic amines) is 1. The van der Waals surface area contributed by atoms with Crippen LogP contribution in [0.3, 0.4) is 0 Å². The molecule has 21 heavy (non-hydrogen) atoms. The summed E-state index contributed by atoms with van der Waals surface area (Å²) in [7, 11) is 0. The number of hydrogen-bond donors (Lipinski definition) is 1. The third kappa shape index (κ3) is 3.22. The third-order valence-corrected chi connectivity index (χ3v) is 5.97. The molecule has 2 heterocycles. The molecule has 0 saturated carbocycles. The lowest BCUT2D eigenvalue weighted by Crippen LogP contribution is -2.35. The van der Waals surface area contributed by atoms with Gasteiger partial charge in [-0.3, -0.25) is 4.79 Å². The molecule has 1 fully saturated rings. The van der Waals surface area contributed by atoms with Crippen molar-refractivity contribution < 1.29 is 9.90 Å². The minimum Gasteiger partial charge on any atom is -0.396 e. The molecule has 1 saturated heterocycles. The van der Waals surface area contributed by atoms with E-state index in [1.165, 1.54) is 11.8 Å². The highest BCUT2D eigenvalue weighted by Gasteiger charge is 2.29. The van der Waals surface area contributed by atoms with Crippen LogP contribution in [0.25, 0.3) is 10.2 Å². The van der Waals surface area contributed by atoms with Crippen LogP contribution in [0.1, 0.15) is 13.3 Å². The van der Waals surface area contributed by atoms with Gasteiger partial charge in [0.1, 0.15) is 0 Å². The van der Waals surface area contributed by atoms with Crippen LogP contribution < -0.4 is 0 Å². The number of thioether (sulfide) groups is 1. The Kier molecular flexibility index (Phi) is 4.47. The maximum atomic E-state index is 12.4. The quantitative estimate of drug-likeness (QED) is 0.879. The first kappa shape index (κ1) is 14.8. The van der Waals surface area contributed by atoms with E-state index in [-0.39, 0.29) is 23.7 Å². The number of aliphatic hydroxyl groups excluding tert-OH is 1. The van der Waals surface area contributed by atoms with E-state index in [4.69, 9.17) is 5.11 Å². The summed E-state index contributed by atoms with van der Waals surface area (Å²) in [5.41, 5.74) is 0.992. The molecule has 2 aromatic rings. The van der Waals surface area contributed by atoms with Gasteiger partial charge in [-0.25, -0.2) is 4.98 Å². The molecule has 112 valence electrons. The molecule has 1 aliphatic heterocycles. The lowest BCUT2D eigenvalue weighted by atomic mass is 10.1. The van der Waals surface area contributed by atoms with Crippen molar-refractivity contribution in [1.82, 2.24) is 9.88 Å². The summed E-state index contributed by atoms with van der Waals surface area (Å²) in [6, 6.07) is 8.03.